The first-order chi connectivity index (χ1) is 14.4. The molecule has 2 aromatic heterocycles. The first kappa shape index (κ1) is 27.2. The molecule has 0 unspecified atom stereocenters. The van der Waals surface area contributed by atoms with Gasteiger partial charge in [0.15, 0.2) is 0 Å². The molecule has 4 nitrogen and oxygen atoms in total. The minimum absolute atomic E-state index is 0.138. The second-order valence-electron chi connectivity index (χ2n) is 6.81. The Morgan fingerprint density at radius 1 is 1.07 bits per heavy atom. The summed E-state index contributed by atoms with van der Waals surface area (Å²) in [7, 11) is 0. The van der Waals surface area contributed by atoms with Crippen LogP contribution in [0.2, 0.25) is 0 Å². The molecule has 0 aliphatic carbocycles. The molecule has 0 radical (unpaired) electrons. The summed E-state index contributed by atoms with van der Waals surface area (Å²) in [6, 6.07) is 3.85. The van der Waals surface area contributed by atoms with E-state index in [-0.39, 0.29) is 5.91 Å². The smallest absolute Gasteiger partial charge is 0.222 e. The maximum atomic E-state index is 11.2. The second kappa shape index (κ2) is 15.1. The lowest BCUT2D eigenvalue weighted by molar-refractivity contribution is -0.114. The summed E-state index contributed by atoms with van der Waals surface area (Å²) in [6.07, 6.45) is 11.1. The van der Waals surface area contributed by atoms with Gasteiger partial charge in [0.2, 0.25) is 5.91 Å². The number of carbonyl (C=O) groups excluding carboxylic acids is 1. The molecule has 0 aromatic carbocycles. The maximum absolute atomic E-state index is 11.2. The largest absolute Gasteiger partial charge is 0.311 e. The van der Waals surface area contributed by atoms with Crippen LogP contribution in [0.4, 0.5) is 5.82 Å². The van der Waals surface area contributed by atoms with Crippen molar-refractivity contribution in [3.8, 4) is 0 Å². The highest BCUT2D eigenvalue weighted by molar-refractivity contribution is 5.92. The molecule has 1 N–H and O–H groups in total. The van der Waals surface area contributed by atoms with E-state index in [1.54, 1.807) is 6.20 Å². The zero-order valence-corrected chi connectivity index (χ0v) is 20.1. The predicted molar refractivity (Wildman–Crippen MR) is 133 cm³/mol. The number of amides is 1. The van der Waals surface area contributed by atoms with Gasteiger partial charge in [-0.1, -0.05) is 71.8 Å². The molecule has 0 saturated heterocycles. The van der Waals surface area contributed by atoms with E-state index < -0.39 is 0 Å². The molecule has 164 valence electrons. The van der Waals surface area contributed by atoms with E-state index in [1.165, 1.54) is 13.3 Å². The Hall–Kier alpha value is -2.75. The third-order valence-electron chi connectivity index (χ3n) is 3.89. The van der Waals surface area contributed by atoms with Gasteiger partial charge in [-0.2, -0.15) is 0 Å². The number of carbonyl (C=O) groups is 1. The number of anilines is 1. The van der Waals surface area contributed by atoms with E-state index in [2.05, 4.69) is 61.7 Å². The van der Waals surface area contributed by atoms with Gasteiger partial charge in [0.1, 0.15) is 5.82 Å². The van der Waals surface area contributed by atoms with E-state index in [0.29, 0.717) is 5.82 Å². The zero-order valence-electron chi connectivity index (χ0n) is 20.1. The maximum Gasteiger partial charge on any atom is 0.222 e. The van der Waals surface area contributed by atoms with Crippen LogP contribution in [-0.4, -0.2) is 15.9 Å². The number of hydrogen-bond donors (Lipinski definition) is 1. The Kier molecular flexibility index (Phi) is 13.8. The number of hydrogen-bond acceptors (Lipinski definition) is 3. The number of allylic oxidation sites excluding steroid dienone is 5. The third kappa shape index (κ3) is 9.17. The molecule has 2 rings (SSSR count). The first-order valence-corrected chi connectivity index (χ1v) is 10.9. The van der Waals surface area contributed by atoms with Crippen molar-refractivity contribution in [1.29, 1.82) is 0 Å². The Labute approximate surface area is 183 Å². The quantitative estimate of drug-likeness (QED) is 0.496. The number of aromatic nitrogens is 2. The molecule has 0 aliphatic heterocycles. The minimum Gasteiger partial charge on any atom is -0.311 e. The summed E-state index contributed by atoms with van der Waals surface area (Å²) < 4.78 is 0. The predicted octanol–water partition coefficient (Wildman–Crippen LogP) is 7.74. The van der Waals surface area contributed by atoms with Gasteiger partial charge in [0.25, 0.3) is 0 Å². The van der Waals surface area contributed by atoms with Crippen LogP contribution in [0.3, 0.4) is 0 Å². The summed E-state index contributed by atoms with van der Waals surface area (Å²) in [4.78, 5) is 20.0. The van der Waals surface area contributed by atoms with Crippen molar-refractivity contribution in [2.24, 2.45) is 0 Å². The topological polar surface area (TPSA) is 54.9 Å². The van der Waals surface area contributed by atoms with Crippen molar-refractivity contribution in [2.75, 3.05) is 5.32 Å². The Balaban J connectivity index is 0.00000154. The fraction of sp³-hybridized carbons (Fsp3) is 0.423. The van der Waals surface area contributed by atoms with Crippen LogP contribution in [0, 0.1) is 0 Å². The summed E-state index contributed by atoms with van der Waals surface area (Å²) in [5, 5.41) is 4.61. The van der Waals surface area contributed by atoms with Gasteiger partial charge in [0, 0.05) is 30.1 Å². The summed E-state index contributed by atoms with van der Waals surface area (Å²) in [5.74, 6) is 0.397. The lowest BCUT2D eigenvalue weighted by Crippen LogP contribution is -2.07. The van der Waals surface area contributed by atoms with Gasteiger partial charge in [0.05, 0.1) is 5.69 Å². The van der Waals surface area contributed by atoms with E-state index in [0.717, 1.165) is 46.0 Å². The van der Waals surface area contributed by atoms with Crippen LogP contribution in [0.15, 0.2) is 54.4 Å². The van der Waals surface area contributed by atoms with Crippen molar-refractivity contribution < 1.29 is 4.79 Å². The SMILES string of the molecule is C=C(/C=C(C)\C(=C/C)c1cc2cnc(NC(C)=O)cc2cn1)CCC.CC.CCC. The third-order valence-corrected chi connectivity index (χ3v) is 3.89. The minimum atomic E-state index is -0.138. The van der Waals surface area contributed by atoms with Gasteiger partial charge >= 0.3 is 0 Å². The van der Waals surface area contributed by atoms with Crippen LogP contribution in [0.25, 0.3) is 16.3 Å². The van der Waals surface area contributed by atoms with E-state index in [1.807, 2.05) is 39.1 Å². The highest BCUT2D eigenvalue weighted by Crippen LogP contribution is 2.26. The van der Waals surface area contributed by atoms with Crippen LogP contribution in [0.5, 0.6) is 0 Å². The molecule has 0 saturated carbocycles. The number of nitrogens with zero attached hydrogens (tertiary/aromatic N) is 2. The van der Waals surface area contributed by atoms with Gasteiger partial charge in [-0.05, 0) is 43.5 Å². The van der Waals surface area contributed by atoms with E-state index in [9.17, 15) is 4.79 Å². The summed E-state index contributed by atoms with van der Waals surface area (Å²) in [6.45, 7) is 20.1. The van der Waals surface area contributed by atoms with Crippen LogP contribution < -0.4 is 5.32 Å². The van der Waals surface area contributed by atoms with Crippen LogP contribution >= 0.6 is 0 Å². The summed E-state index contributed by atoms with van der Waals surface area (Å²) >= 11 is 0. The van der Waals surface area contributed by atoms with Crippen molar-refractivity contribution in [2.45, 2.75) is 74.7 Å². The fourth-order valence-electron chi connectivity index (χ4n) is 2.79. The van der Waals surface area contributed by atoms with Crippen LogP contribution in [-0.2, 0) is 4.79 Å². The molecule has 30 heavy (non-hydrogen) atoms. The highest BCUT2D eigenvalue weighted by Gasteiger charge is 2.08. The molecular weight excluding hydrogens is 370 g/mol. The Bertz CT molecular complexity index is 879. The molecule has 2 heterocycles. The molecule has 1 amide bonds. The average molecular weight is 410 g/mol. The molecule has 0 atom stereocenters. The molecule has 0 aliphatic rings. The Morgan fingerprint density at radius 3 is 2.17 bits per heavy atom. The van der Waals surface area contributed by atoms with Crippen molar-refractivity contribution in [1.82, 2.24) is 9.97 Å². The fourth-order valence-corrected chi connectivity index (χ4v) is 2.79. The molecule has 0 bridgehead atoms. The lowest BCUT2D eigenvalue weighted by Gasteiger charge is -2.10. The van der Waals surface area contributed by atoms with Crippen molar-refractivity contribution in [3.63, 3.8) is 0 Å². The number of nitrogens with one attached hydrogen (secondary N) is 1. The van der Waals surface area contributed by atoms with Gasteiger partial charge in [-0.3, -0.25) is 9.78 Å². The van der Waals surface area contributed by atoms with Gasteiger partial charge < -0.3 is 5.32 Å². The standard InChI is InChI=1S/C21H25N3O.C3H8.C2H6/c1-6-8-14(3)9-15(4)19(7-2)20-10-17-13-23-21(24-16(5)25)11-18(17)12-22-20;1-3-2;1-2/h7,9-13H,3,6,8H2,1-2,4-5H3,(H,23,24,25);3H2,1-2H3;1-2H3/b15-9-,19-7+;;. The zero-order chi connectivity index (χ0) is 23.1. The number of fused-ring (bicyclic) bond motifs is 1. The molecule has 2 aromatic rings. The van der Waals surface area contributed by atoms with Crippen LogP contribution in [0.1, 0.15) is 80.3 Å². The lowest BCUT2D eigenvalue weighted by atomic mass is 9.99. The molecule has 0 spiro atoms. The highest BCUT2D eigenvalue weighted by atomic mass is 16.1. The van der Waals surface area contributed by atoms with E-state index in [4.69, 9.17) is 0 Å². The number of pyridine rings is 2. The monoisotopic (exact) mass is 409 g/mol. The first-order valence-electron chi connectivity index (χ1n) is 10.9. The van der Waals surface area contributed by atoms with Crippen molar-refractivity contribution in [3.05, 3.63) is 60.1 Å². The normalized spacial score (nSPS) is 11.1. The van der Waals surface area contributed by atoms with Crippen molar-refractivity contribution >= 4 is 28.1 Å². The van der Waals surface area contributed by atoms with Gasteiger partial charge in [-0.25, -0.2) is 4.98 Å². The summed E-state index contributed by atoms with van der Waals surface area (Å²) in [5.41, 5.74) is 4.27. The molecule has 0 fully saturated rings. The van der Waals surface area contributed by atoms with E-state index >= 15 is 0 Å². The number of rotatable bonds is 6. The average Bonchev–Trinajstić information content (AvgIpc) is 2.70. The Morgan fingerprint density at radius 2 is 1.63 bits per heavy atom. The second-order valence-corrected chi connectivity index (χ2v) is 6.81. The van der Waals surface area contributed by atoms with Gasteiger partial charge in [-0.15, -0.1) is 0 Å². The molecular formula is C26H39N3O. The molecule has 4 heteroatoms.